The third kappa shape index (κ3) is 3.88. The van der Waals surface area contributed by atoms with Crippen LogP contribution in [0.2, 0.25) is 0 Å². The minimum Gasteiger partial charge on any atom is -0.388 e. The number of hydrogen-bond donors (Lipinski definition) is 1. The van der Waals surface area contributed by atoms with Crippen LogP contribution in [0.25, 0.3) is 0 Å². The molecule has 0 bridgehead atoms. The zero-order valence-electron chi connectivity index (χ0n) is 14.4. The molecule has 1 nitrogen and oxygen atoms in total. The molecule has 1 unspecified atom stereocenters. The molecule has 1 heteroatoms. The van der Waals surface area contributed by atoms with Crippen LogP contribution >= 0.6 is 0 Å². The van der Waals surface area contributed by atoms with Crippen LogP contribution in [0.3, 0.4) is 0 Å². The molecule has 0 spiro atoms. The fourth-order valence-electron chi connectivity index (χ4n) is 3.58. The van der Waals surface area contributed by atoms with E-state index in [1.165, 1.54) is 42.4 Å². The van der Waals surface area contributed by atoms with E-state index in [0.29, 0.717) is 17.8 Å². The summed E-state index contributed by atoms with van der Waals surface area (Å²) in [6.07, 6.45) is 4.60. The molecular weight excluding hydrogens is 256 g/mol. The molecular formula is C20H32O. The summed E-state index contributed by atoms with van der Waals surface area (Å²) in [7, 11) is 0. The van der Waals surface area contributed by atoms with Gasteiger partial charge in [0.1, 0.15) is 0 Å². The third-order valence-corrected chi connectivity index (χ3v) is 5.23. The van der Waals surface area contributed by atoms with E-state index < -0.39 is 0 Å². The Morgan fingerprint density at radius 3 is 2.05 bits per heavy atom. The highest BCUT2D eigenvalue weighted by atomic mass is 16.3. The summed E-state index contributed by atoms with van der Waals surface area (Å²) in [5.41, 5.74) is 3.90. The summed E-state index contributed by atoms with van der Waals surface area (Å²) >= 11 is 0. The number of rotatable bonds is 4. The molecule has 0 amide bonds. The standard InChI is InChI=1S/C20H32O/c1-13(2)17-10-11-18(19(12-17)14(3)4)20(21)16-8-6-15(5)7-9-16/h10-16,20-21H,6-9H2,1-5H3. The van der Waals surface area contributed by atoms with Crippen molar-refractivity contribution in [1.82, 2.24) is 0 Å². The predicted octanol–water partition coefficient (Wildman–Crippen LogP) is 5.79. The first-order valence-corrected chi connectivity index (χ1v) is 8.72. The first-order chi connectivity index (χ1) is 9.90. The van der Waals surface area contributed by atoms with Gasteiger partial charge in [-0.3, -0.25) is 0 Å². The first-order valence-electron chi connectivity index (χ1n) is 8.72. The molecule has 1 N–H and O–H groups in total. The number of aliphatic hydroxyl groups excluding tert-OH is 1. The van der Waals surface area contributed by atoms with E-state index in [2.05, 4.69) is 52.8 Å². The Hall–Kier alpha value is -0.820. The van der Waals surface area contributed by atoms with E-state index in [9.17, 15) is 5.11 Å². The molecule has 118 valence electrons. The van der Waals surface area contributed by atoms with Gasteiger partial charge < -0.3 is 5.11 Å². The van der Waals surface area contributed by atoms with Gasteiger partial charge in [0.25, 0.3) is 0 Å². The second-order valence-corrected chi connectivity index (χ2v) is 7.66. The lowest BCUT2D eigenvalue weighted by Crippen LogP contribution is -2.20. The van der Waals surface area contributed by atoms with Crippen molar-refractivity contribution in [2.24, 2.45) is 11.8 Å². The Kier molecular flexibility index (Phi) is 5.48. The SMILES string of the molecule is CC1CCC(C(O)c2ccc(C(C)C)cc2C(C)C)CC1. The van der Waals surface area contributed by atoms with Crippen molar-refractivity contribution in [3.63, 3.8) is 0 Å². The Balaban J connectivity index is 2.25. The summed E-state index contributed by atoms with van der Waals surface area (Å²) in [6.45, 7) is 11.3. The number of aliphatic hydroxyl groups is 1. The number of benzene rings is 1. The van der Waals surface area contributed by atoms with E-state index in [1.54, 1.807) is 0 Å². The smallest absolute Gasteiger partial charge is 0.0820 e. The van der Waals surface area contributed by atoms with Crippen LogP contribution in [0.1, 0.15) is 94.9 Å². The average Bonchev–Trinajstić information content (AvgIpc) is 2.46. The zero-order chi connectivity index (χ0) is 15.6. The van der Waals surface area contributed by atoms with Gasteiger partial charge in [0.2, 0.25) is 0 Å². The lowest BCUT2D eigenvalue weighted by atomic mass is 9.76. The second kappa shape index (κ2) is 6.96. The molecule has 1 aromatic rings. The van der Waals surface area contributed by atoms with Gasteiger partial charge >= 0.3 is 0 Å². The van der Waals surface area contributed by atoms with E-state index in [1.807, 2.05) is 0 Å². The predicted molar refractivity (Wildman–Crippen MR) is 90.7 cm³/mol. The van der Waals surface area contributed by atoms with Crippen molar-refractivity contribution in [2.75, 3.05) is 0 Å². The molecule has 1 saturated carbocycles. The second-order valence-electron chi connectivity index (χ2n) is 7.66. The van der Waals surface area contributed by atoms with Gasteiger partial charge in [-0.1, -0.05) is 65.7 Å². The molecule has 1 aliphatic rings. The fourth-order valence-corrected chi connectivity index (χ4v) is 3.58. The van der Waals surface area contributed by atoms with Crippen molar-refractivity contribution >= 4 is 0 Å². The fraction of sp³-hybridized carbons (Fsp3) is 0.700. The summed E-state index contributed by atoms with van der Waals surface area (Å²) < 4.78 is 0. The summed E-state index contributed by atoms with van der Waals surface area (Å²) in [4.78, 5) is 0. The van der Waals surface area contributed by atoms with E-state index >= 15 is 0 Å². The molecule has 1 aromatic carbocycles. The molecule has 2 rings (SSSR count). The van der Waals surface area contributed by atoms with Crippen LogP contribution < -0.4 is 0 Å². The molecule has 21 heavy (non-hydrogen) atoms. The molecule has 0 aliphatic heterocycles. The van der Waals surface area contributed by atoms with Gasteiger partial charge in [-0.2, -0.15) is 0 Å². The highest BCUT2D eigenvalue weighted by molar-refractivity contribution is 5.37. The lowest BCUT2D eigenvalue weighted by Gasteiger charge is -2.31. The average molecular weight is 288 g/mol. The highest BCUT2D eigenvalue weighted by Gasteiger charge is 2.27. The summed E-state index contributed by atoms with van der Waals surface area (Å²) in [5, 5.41) is 10.9. The summed E-state index contributed by atoms with van der Waals surface area (Å²) in [5.74, 6) is 2.30. The number of hydrogen-bond acceptors (Lipinski definition) is 1. The van der Waals surface area contributed by atoms with Crippen LogP contribution in [-0.4, -0.2) is 5.11 Å². The van der Waals surface area contributed by atoms with Crippen LogP contribution in [-0.2, 0) is 0 Å². The van der Waals surface area contributed by atoms with Crippen molar-refractivity contribution in [1.29, 1.82) is 0 Å². The normalized spacial score (nSPS) is 24.6. The van der Waals surface area contributed by atoms with Crippen LogP contribution in [0.15, 0.2) is 18.2 Å². The van der Waals surface area contributed by atoms with Gasteiger partial charge in [-0.15, -0.1) is 0 Å². The van der Waals surface area contributed by atoms with Crippen molar-refractivity contribution in [3.05, 3.63) is 34.9 Å². The van der Waals surface area contributed by atoms with Crippen LogP contribution in [0, 0.1) is 11.8 Å². The zero-order valence-corrected chi connectivity index (χ0v) is 14.4. The topological polar surface area (TPSA) is 20.2 Å². The maximum atomic E-state index is 10.9. The lowest BCUT2D eigenvalue weighted by molar-refractivity contribution is 0.0746. The minimum absolute atomic E-state index is 0.281. The minimum atomic E-state index is -0.281. The van der Waals surface area contributed by atoms with Gasteiger partial charge in [0.05, 0.1) is 6.10 Å². The molecule has 1 aliphatic carbocycles. The quantitative estimate of drug-likeness (QED) is 0.743. The Bertz CT molecular complexity index is 453. The summed E-state index contributed by atoms with van der Waals surface area (Å²) in [6, 6.07) is 6.72. The van der Waals surface area contributed by atoms with Gasteiger partial charge in [0, 0.05) is 0 Å². The van der Waals surface area contributed by atoms with Crippen molar-refractivity contribution in [3.8, 4) is 0 Å². The highest BCUT2D eigenvalue weighted by Crippen LogP contribution is 2.39. The van der Waals surface area contributed by atoms with E-state index in [0.717, 1.165) is 5.92 Å². The van der Waals surface area contributed by atoms with Gasteiger partial charge in [-0.25, -0.2) is 0 Å². The molecule has 0 heterocycles. The van der Waals surface area contributed by atoms with Crippen LogP contribution in [0.5, 0.6) is 0 Å². The van der Waals surface area contributed by atoms with Crippen molar-refractivity contribution in [2.45, 2.75) is 78.2 Å². The van der Waals surface area contributed by atoms with E-state index in [4.69, 9.17) is 0 Å². The molecule has 0 saturated heterocycles. The van der Waals surface area contributed by atoms with Gasteiger partial charge in [-0.05, 0) is 53.2 Å². The maximum absolute atomic E-state index is 10.9. The molecule has 0 radical (unpaired) electrons. The van der Waals surface area contributed by atoms with Crippen molar-refractivity contribution < 1.29 is 5.11 Å². The third-order valence-electron chi connectivity index (χ3n) is 5.23. The molecule has 0 aromatic heterocycles. The largest absolute Gasteiger partial charge is 0.388 e. The monoisotopic (exact) mass is 288 g/mol. The Morgan fingerprint density at radius 1 is 0.905 bits per heavy atom. The Labute approximate surface area is 130 Å². The maximum Gasteiger partial charge on any atom is 0.0820 e. The van der Waals surface area contributed by atoms with E-state index in [-0.39, 0.29) is 6.10 Å². The van der Waals surface area contributed by atoms with Gasteiger partial charge in [0.15, 0.2) is 0 Å². The van der Waals surface area contributed by atoms with Crippen LogP contribution in [0.4, 0.5) is 0 Å². The Morgan fingerprint density at radius 2 is 1.52 bits per heavy atom. The molecule has 1 fully saturated rings. The first kappa shape index (κ1) is 16.5. The molecule has 1 atom stereocenters.